The Morgan fingerprint density at radius 1 is 1.22 bits per heavy atom. The molecule has 0 radical (unpaired) electrons. The summed E-state index contributed by atoms with van der Waals surface area (Å²) in [5.41, 5.74) is 2.58. The monoisotopic (exact) mass is 438 g/mol. The quantitative estimate of drug-likeness (QED) is 0.497. The zero-order valence-electron chi connectivity index (χ0n) is 16.9. The molecule has 0 aliphatic carbocycles. The number of hydrogen-bond donors (Lipinski definition) is 2. The first-order valence-electron chi connectivity index (χ1n) is 10.2. The highest BCUT2D eigenvalue weighted by molar-refractivity contribution is 5.64. The Kier molecular flexibility index (Phi) is 5.14. The molecule has 4 aromatic rings. The average Bonchev–Trinajstić information content (AvgIpc) is 3.39. The Hall–Kier alpha value is -3.66. The second-order valence-electron chi connectivity index (χ2n) is 7.72. The Labute approximate surface area is 181 Å². The summed E-state index contributed by atoms with van der Waals surface area (Å²) in [5, 5.41) is 13.9. The number of halogens is 2. The van der Waals surface area contributed by atoms with Crippen molar-refractivity contribution in [1.29, 1.82) is 0 Å². The smallest absolute Gasteiger partial charge is 0.253 e. The molecule has 1 saturated heterocycles. The van der Waals surface area contributed by atoms with Gasteiger partial charge >= 0.3 is 0 Å². The summed E-state index contributed by atoms with van der Waals surface area (Å²) in [5.74, 6) is -0.131. The first-order valence-corrected chi connectivity index (χ1v) is 10.2. The number of H-pyrrole nitrogens is 1. The van der Waals surface area contributed by atoms with Gasteiger partial charge in [-0.2, -0.15) is 0 Å². The van der Waals surface area contributed by atoms with Crippen molar-refractivity contribution < 1.29 is 13.9 Å². The lowest BCUT2D eigenvalue weighted by Crippen LogP contribution is -2.29. The number of pyridine rings is 2. The van der Waals surface area contributed by atoms with Gasteiger partial charge in [0.05, 0.1) is 24.5 Å². The number of fused-ring (bicyclic) bond motifs is 1. The van der Waals surface area contributed by atoms with E-state index in [-0.39, 0.29) is 25.1 Å². The van der Waals surface area contributed by atoms with Gasteiger partial charge in [0.25, 0.3) is 5.56 Å². The van der Waals surface area contributed by atoms with Crippen LogP contribution in [-0.2, 0) is 6.42 Å². The van der Waals surface area contributed by atoms with E-state index < -0.39 is 23.6 Å². The Morgan fingerprint density at radius 3 is 2.94 bits per heavy atom. The first-order chi connectivity index (χ1) is 15.5. The van der Waals surface area contributed by atoms with Gasteiger partial charge in [-0.15, -0.1) is 5.10 Å². The number of hydrogen-bond acceptors (Lipinski definition) is 6. The number of nitrogens with zero attached hydrogens (tertiary/aromatic N) is 5. The molecule has 0 spiro atoms. The SMILES string of the molecule is O=c1[nH]cc(F)cc1[C@H]1C[C@H](F)CN1c1ccc2ncc(-c3ccnc(CCO)c3)n2n1. The number of aliphatic hydroxyl groups excluding tert-OH is 1. The molecule has 5 rings (SSSR count). The summed E-state index contributed by atoms with van der Waals surface area (Å²) >= 11 is 0. The second kappa shape index (κ2) is 8.12. The molecule has 1 aliphatic heterocycles. The van der Waals surface area contributed by atoms with Crippen LogP contribution in [0.5, 0.6) is 0 Å². The Bertz CT molecular complexity index is 1340. The summed E-state index contributed by atoms with van der Waals surface area (Å²) in [6.45, 7) is 0.0328. The number of aromatic amines is 1. The van der Waals surface area contributed by atoms with Crippen LogP contribution in [0.25, 0.3) is 16.9 Å². The number of nitrogens with one attached hydrogen (secondary N) is 1. The summed E-state index contributed by atoms with van der Waals surface area (Å²) < 4.78 is 29.9. The van der Waals surface area contributed by atoms with E-state index in [0.29, 0.717) is 23.6 Å². The fraction of sp³-hybridized carbons (Fsp3) is 0.273. The molecule has 0 unspecified atom stereocenters. The van der Waals surface area contributed by atoms with Crippen molar-refractivity contribution in [3.05, 3.63) is 76.4 Å². The second-order valence-corrected chi connectivity index (χ2v) is 7.72. The van der Waals surface area contributed by atoms with Gasteiger partial charge in [0.15, 0.2) is 5.65 Å². The van der Waals surface area contributed by atoms with Crippen molar-refractivity contribution in [3.63, 3.8) is 0 Å². The standard InChI is InChI=1S/C22H20F2N6O2/c23-14-8-17(22(32)27-10-14)18-9-15(24)12-29(18)21-2-1-20-26-11-19(30(20)28-21)13-3-5-25-16(7-13)4-6-31/h1-3,5,7-8,10-11,15,18,31H,4,6,9,12H2,(H,27,32)/t15-,18+/m0/s1. The third kappa shape index (κ3) is 3.62. The summed E-state index contributed by atoms with van der Waals surface area (Å²) in [4.78, 5) is 25.0. The van der Waals surface area contributed by atoms with E-state index in [2.05, 4.69) is 20.1 Å². The van der Waals surface area contributed by atoms with E-state index in [1.165, 1.54) is 0 Å². The van der Waals surface area contributed by atoms with Gasteiger partial charge in [-0.3, -0.25) is 9.78 Å². The summed E-state index contributed by atoms with van der Waals surface area (Å²) in [6, 6.07) is 7.67. The predicted molar refractivity (Wildman–Crippen MR) is 114 cm³/mol. The average molecular weight is 438 g/mol. The lowest BCUT2D eigenvalue weighted by Gasteiger charge is -2.25. The molecule has 2 atom stereocenters. The van der Waals surface area contributed by atoms with Crippen molar-refractivity contribution >= 4 is 11.5 Å². The number of alkyl halides is 1. The minimum atomic E-state index is -1.18. The molecule has 5 heterocycles. The molecule has 164 valence electrons. The molecule has 0 bridgehead atoms. The number of rotatable bonds is 5. The maximum atomic E-state index is 14.4. The number of imidazole rings is 1. The summed E-state index contributed by atoms with van der Waals surface area (Å²) in [6.07, 6.45) is 3.64. The Balaban J connectivity index is 1.57. The minimum Gasteiger partial charge on any atom is -0.396 e. The largest absolute Gasteiger partial charge is 0.396 e. The van der Waals surface area contributed by atoms with Gasteiger partial charge in [0.1, 0.15) is 17.8 Å². The van der Waals surface area contributed by atoms with Crippen LogP contribution in [-0.4, -0.2) is 49.0 Å². The molecule has 0 saturated carbocycles. The number of aromatic nitrogens is 5. The maximum absolute atomic E-state index is 14.4. The predicted octanol–water partition coefficient (Wildman–Crippen LogP) is 2.44. The van der Waals surface area contributed by atoms with E-state index >= 15 is 0 Å². The topological polar surface area (TPSA) is 99.4 Å². The Morgan fingerprint density at radius 2 is 2.09 bits per heavy atom. The van der Waals surface area contributed by atoms with Crippen LogP contribution < -0.4 is 10.5 Å². The minimum absolute atomic E-state index is 0.00798. The van der Waals surface area contributed by atoms with Crippen molar-refractivity contribution in [3.8, 4) is 11.3 Å². The zero-order valence-corrected chi connectivity index (χ0v) is 16.9. The van der Waals surface area contributed by atoms with Gasteiger partial charge < -0.3 is 15.0 Å². The van der Waals surface area contributed by atoms with Crippen LogP contribution in [0.4, 0.5) is 14.6 Å². The zero-order chi connectivity index (χ0) is 22.2. The lowest BCUT2D eigenvalue weighted by atomic mass is 10.1. The molecular formula is C22H20F2N6O2. The molecule has 8 nitrogen and oxygen atoms in total. The third-order valence-corrected chi connectivity index (χ3v) is 5.63. The van der Waals surface area contributed by atoms with Crippen LogP contribution in [0.3, 0.4) is 0 Å². The number of aliphatic hydroxyl groups is 1. The van der Waals surface area contributed by atoms with Crippen LogP contribution >= 0.6 is 0 Å². The van der Waals surface area contributed by atoms with Crippen LogP contribution in [0.2, 0.25) is 0 Å². The number of anilines is 1. The van der Waals surface area contributed by atoms with Gasteiger partial charge in [-0.25, -0.2) is 18.3 Å². The first kappa shape index (κ1) is 20.3. The third-order valence-electron chi connectivity index (χ3n) is 5.63. The van der Waals surface area contributed by atoms with Crippen molar-refractivity contribution in [1.82, 2.24) is 24.6 Å². The highest BCUT2D eigenvalue weighted by Crippen LogP contribution is 2.36. The highest BCUT2D eigenvalue weighted by Gasteiger charge is 2.36. The van der Waals surface area contributed by atoms with E-state index in [1.807, 2.05) is 12.1 Å². The normalized spacial score (nSPS) is 18.5. The fourth-order valence-corrected chi connectivity index (χ4v) is 4.16. The lowest BCUT2D eigenvalue weighted by molar-refractivity contribution is 0.298. The van der Waals surface area contributed by atoms with E-state index in [9.17, 15) is 18.7 Å². The molecule has 0 amide bonds. The molecule has 1 aliphatic rings. The van der Waals surface area contributed by atoms with E-state index in [1.54, 1.807) is 33.9 Å². The molecule has 4 aromatic heterocycles. The van der Waals surface area contributed by atoms with E-state index in [0.717, 1.165) is 23.5 Å². The van der Waals surface area contributed by atoms with Gasteiger partial charge in [-0.05, 0) is 30.3 Å². The molecular weight excluding hydrogens is 418 g/mol. The molecule has 1 fully saturated rings. The van der Waals surface area contributed by atoms with Gasteiger partial charge in [0, 0.05) is 48.7 Å². The van der Waals surface area contributed by atoms with Gasteiger partial charge in [-0.1, -0.05) is 0 Å². The van der Waals surface area contributed by atoms with Crippen molar-refractivity contribution in [2.75, 3.05) is 18.1 Å². The summed E-state index contributed by atoms with van der Waals surface area (Å²) in [7, 11) is 0. The molecule has 0 aromatic carbocycles. The maximum Gasteiger partial charge on any atom is 0.253 e. The molecule has 2 N–H and O–H groups in total. The van der Waals surface area contributed by atoms with Gasteiger partial charge in [0.2, 0.25) is 0 Å². The molecule has 32 heavy (non-hydrogen) atoms. The molecule has 10 heteroatoms. The van der Waals surface area contributed by atoms with Crippen molar-refractivity contribution in [2.24, 2.45) is 0 Å². The van der Waals surface area contributed by atoms with Crippen molar-refractivity contribution in [2.45, 2.75) is 25.1 Å². The van der Waals surface area contributed by atoms with E-state index in [4.69, 9.17) is 0 Å². The van der Waals surface area contributed by atoms with Crippen LogP contribution in [0.1, 0.15) is 23.7 Å². The highest BCUT2D eigenvalue weighted by atomic mass is 19.1. The van der Waals surface area contributed by atoms with Crippen LogP contribution in [0.15, 0.2) is 53.7 Å². The van der Waals surface area contributed by atoms with Crippen LogP contribution in [0, 0.1) is 5.82 Å². The fourth-order valence-electron chi connectivity index (χ4n) is 4.16.